The van der Waals surface area contributed by atoms with Crippen LogP contribution in [0.3, 0.4) is 0 Å². The van der Waals surface area contributed by atoms with Crippen molar-refractivity contribution < 1.29 is 9.90 Å². The minimum atomic E-state index is -1.04. The summed E-state index contributed by atoms with van der Waals surface area (Å²) in [6.45, 7) is 3.78. The highest BCUT2D eigenvalue weighted by Gasteiger charge is 2.15. The summed E-state index contributed by atoms with van der Waals surface area (Å²) < 4.78 is 0. The molecule has 0 bridgehead atoms. The van der Waals surface area contributed by atoms with Gasteiger partial charge in [-0.05, 0) is 49.2 Å². The molecule has 0 unspecified atom stereocenters. The van der Waals surface area contributed by atoms with Crippen molar-refractivity contribution >= 4 is 5.91 Å². The Morgan fingerprint density at radius 1 is 0.897 bits per heavy atom. The number of hydrogen-bond donors (Lipinski definition) is 2. The van der Waals surface area contributed by atoms with Gasteiger partial charge in [-0.25, -0.2) is 0 Å². The molecule has 0 radical (unpaired) electrons. The van der Waals surface area contributed by atoms with Gasteiger partial charge in [-0.1, -0.05) is 72.5 Å². The van der Waals surface area contributed by atoms with E-state index in [1.807, 2.05) is 36.4 Å². The maximum absolute atomic E-state index is 12.7. The summed E-state index contributed by atoms with van der Waals surface area (Å²) in [5, 5.41) is 12.8. The van der Waals surface area contributed by atoms with Crippen LogP contribution >= 0.6 is 0 Å². The zero-order chi connectivity index (χ0) is 20.7. The molecule has 2 N–H and O–H groups in total. The highest BCUT2D eigenvalue weighted by atomic mass is 16.3. The van der Waals surface area contributed by atoms with E-state index in [0.29, 0.717) is 12.1 Å². The molecule has 0 fully saturated rings. The Labute approximate surface area is 172 Å². The van der Waals surface area contributed by atoms with E-state index >= 15 is 0 Å². The van der Waals surface area contributed by atoms with Crippen molar-refractivity contribution in [3.63, 3.8) is 0 Å². The number of benzene rings is 3. The van der Waals surface area contributed by atoms with Crippen LogP contribution in [0.5, 0.6) is 0 Å². The van der Waals surface area contributed by atoms with E-state index in [4.69, 9.17) is 0 Å². The minimum Gasteiger partial charge on any atom is -0.378 e. The third-order valence-electron chi connectivity index (χ3n) is 4.53. The van der Waals surface area contributed by atoms with Gasteiger partial charge in [-0.3, -0.25) is 4.79 Å². The third-order valence-corrected chi connectivity index (χ3v) is 4.53. The number of nitrogens with one attached hydrogen (secondary N) is 1. The maximum Gasteiger partial charge on any atom is 0.251 e. The first-order chi connectivity index (χ1) is 13.9. The summed E-state index contributed by atoms with van der Waals surface area (Å²) >= 11 is 0. The molecule has 3 heteroatoms. The van der Waals surface area contributed by atoms with Crippen molar-refractivity contribution in [2.75, 3.05) is 6.54 Å². The molecular weight excluding hydrogens is 358 g/mol. The molecule has 0 aliphatic rings. The van der Waals surface area contributed by atoms with Crippen LogP contribution in [0.25, 0.3) is 0 Å². The second-order valence-electron chi connectivity index (χ2n) is 7.47. The zero-order valence-electron chi connectivity index (χ0n) is 16.7. The normalized spacial score (nSPS) is 10.9. The third kappa shape index (κ3) is 6.07. The van der Waals surface area contributed by atoms with Crippen molar-refractivity contribution in [2.45, 2.75) is 25.4 Å². The Bertz CT molecular complexity index is 952. The maximum atomic E-state index is 12.7. The van der Waals surface area contributed by atoms with E-state index in [2.05, 4.69) is 41.4 Å². The molecule has 0 aliphatic heterocycles. The molecule has 0 saturated carbocycles. The molecule has 3 nitrogen and oxygen atoms in total. The molecule has 0 spiro atoms. The summed E-state index contributed by atoms with van der Waals surface area (Å²) in [5.74, 6) is 5.64. The van der Waals surface area contributed by atoms with Crippen LogP contribution in [0.2, 0.25) is 0 Å². The Hall–Kier alpha value is -3.35. The lowest BCUT2D eigenvalue weighted by atomic mass is 9.91. The van der Waals surface area contributed by atoms with Gasteiger partial charge < -0.3 is 10.4 Å². The quantitative estimate of drug-likeness (QED) is 0.643. The average Bonchev–Trinajstić information content (AvgIpc) is 2.74. The lowest BCUT2D eigenvalue weighted by molar-refractivity contribution is 0.0952. The number of amides is 1. The van der Waals surface area contributed by atoms with Crippen LogP contribution in [0.15, 0.2) is 84.9 Å². The molecule has 146 valence electrons. The van der Waals surface area contributed by atoms with Crippen LogP contribution in [0.1, 0.15) is 46.8 Å². The van der Waals surface area contributed by atoms with Crippen LogP contribution in [-0.4, -0.2) is 23.2 Å². The summed E-state index contributed by atoms with van der Waals surface area (Å²) in [7, 11) is 0. The van der Waals surface area contributed by atoms with Gasteiger partial charge in [-0.15, -0.1) is 0 Å². The predicted octanol–water partition coefficient (Wildman–Crippen LogP) is 4.37. The monoisotopic (exact) mass is 383 g/mol. The van der Waals surface area contributed by atoms with Crippen LogP contribution in [0, 0.1) is 11.8 Å². The molecule has 0 atom stereocenters. The molecule has 1 amide bonds. The summed E-state index contributed by atoms with van der Waals surface area (Å²) in [6.07, 6.45) is 0. The Morgan fingerprint density at radius 2 is 1.41 bits per heavy atom. The molecule has 0 saturated heterocycles. The van der Waals surface area contributed by atoms with Crippen molar-refractivity contribution in [3.05, 3.63) is 107 Å². The molecule has 0 aromatic heterocycles. The summed E-state index contributed by atoms with van der Waals surface area (Å²) in [6, 6.07) is 27.5. The fourth-order valence-corrected chi connectivity index (χ4v) is 3.03. The number of carbonyl (C=O) groups is 1. The number of rotatable bonds is 5. The molecule has 29 heavy (non-hydrogen) atoms. The summed E-state index contributed by atoms with van der Waals surface area (Å²) in [5.41, 5.74) is 2.63. The SMILES string of the molecule is CC(C)(O)C#Cc1ccc(C(=O)NCC(c2ccccc2)c2ccccc2)cc1. The van der Waals surface area contributed by atoms with Crippen LogP contribution in [-0.2, 0) is 0 Å². The van der Waals surface area contributed by atoms with E-state index in [-0.39, 0.29) is 11.8 Å². The lowest BCUT2D eigenvalue weighted by Crippen LogP contribution is -2.28. The van der Waals surface area contributed by atoms with Gasteiger partial charge in [0, 0.05) is 23.6 Å². The average molecular weight is 383 g/mol. The van der Waals surface area contributed by atoms with Crippen molar-refractivity contribution in [1.82, 2.24) is 5.32 Å². The standard InChI is InChI=1S/C26H25NO2/c1-26(2,29)18-17-20-13-15-23(16-14-20)25(28)27-19-24(21-9-5-3-6-10-21)22-11-7-4-8-12-22/h3-16,24,29H,19H2,1-2H3,(H,27,28). The Morgan fingerprint density at radius 3 is 1.90 bits per heavy atom. The minimum absolute atomic E-state index is 0.0817. The first kappa shape index (κ1) is 20.4. The highest BCUT2D eigenvalue weighted by molar-refractivity contribution is 5.94. The van der Waals surface area contributed by atoms with E-state index < -0.39 is 5.60 Å². The van der Waals surface area contributed by atoms with Gasteiger partial charge in [-0.2, -0.15) is 0 Å². The fraction of sp³-hybridized carbons (Fsp3) is 0.192. The fourth-order valence-electron chi connectivity index (χ4n) is 3.03. The first-order valence-electron chi connectivity index (χ1n) is 9.66. The second kappa shape index (κ2) is 9.23. The first-order valence-corrected chi connectivity index (χ1v) is 9.66. The Balaban J connectivity index is 1.71. The zero-order valence-corrected chi connectivity index (χ0v) is 16.7. The molecule has 3 aromatic rings. The van der Waals surface area contributed by atoms with Crippen molar-refractivity contribution in [2.24, 2.45) is 0 Å². The smallest absolute Gasteiger partial charge is 0.251 e. The molecule has 3 aromatic carbocycles. The van der Waals surface area contributed by atoms with Crippen molar-refractivity contribution in [1.29, 1.82) is 0 Å². The van der Waals surface area contributed by atoms with E-state index in [1.165, 1.54) is 0 Å². The molecule has 0 heterocycles. The van der Waals surface area contributed by atoms with E-state index in [0.717, 1.165) is 16.7 Å². The van der Waals surface area contributed by atoms with Gasteiger partial charge >= 0.3 is 0 Å². The Kier molecular flexibility index (Phi) is 6.49. The van der Waals surface area contributed by atoms with Gasteiger partial charge in [0.25, 0.3) is 5.91 Å². The summed E-state index contributed by atoms with van der Waals surface area (Å²) in [4.78, 5) is 12.7. The van der Waals surface area contributed by atoms with Crippen LogP contribution < -0.4 is 5.32 Å². The number of hydrogen-bond acceptors (Lipinski definition) is 2. The van der Waals surface area contributed by atoms with Gasteiger partial charge in [0.05, 0.1) is 0 Å². The molecular formula is C26H25NO2. The second-order valence-corrected chi connectivity index (χ2v) is 7.47. The number of aliphatic hydroxyl groups is 1. The largest absolute Gasteiger partial charge is 0.378 e. The van der Waals surface area contributed by atoms with E-state index in [9.17, 15) is 9.90 Å². The topological polar surface area (TPSA) is 49.3 Å². The van der Waals surface area contributed by atoms with Crippen molar-refractivity contribution in [3.8, 4) is 11.8 Å². The molecule has 3 rings (SSSR count). The van der Waals surface area contributed by atoms with Gasteiger partial charge in [0.2, 0.25) is 0 Å². The van der Waals surface area contributed by atoms with Crippen LogP contribution in [0.4, 0.5) is 0 Å². The number of carbonyl (C=O) groups excluding carboxylic acids is 1. The lowest BCUT2D eigenvalue weighted by Gasteiger charge is -2.19. The highest BCUT2D eigenvalue weighted by Crippen LogP contribution is 2.23. The van der Waals surface area contributed by atoms with Gasteiger partial charge in [0.15, 0.2) is 0 Å². The van der Waals surface area contributed by atoms with E-state index in [1.54, 1.807) is 38.1 Å². The molecule has 0 aliphatic carbocycles. The predicted molar refractivity (Wildman–Crippen MR) is 117 cm³/mol. The van der Waals surface area contributed by atoms with Gasteiger partial charge in [0.1, 0.15) is 5.60 Å².